The number of benzene rings is 1. The summed E-state index contributed by atoms with van der Waals surface area (Å²) in [6.45, 7) is 0. The van der Waals surface area contributed by atoms with Crippen molar-refractivity contribution in [2.75, 3.05) is 5.73 Å². The van der Waals surface area contributed by atoms with E-state index in [0.29, 0.717) is 21.3 Å². The van der Waals surface area contributed by atoms with Crippen molar-refractivity contribution in [1.29, 1.82) is 0 Å². The highest BCUT2D eigenvalue weighted by Crippen LogP contribution is 2.31. The van der Waals surface area contributed by atoms with Gasteiger partial charge in [-0.05, 0) is 6.07 Å². The van der Waals surface area contributed by atoms with Crippen LogP contribution < -0.4 is 5.73 Å². The van der Waals surface area contributed by atoms with Gasteiger partial charge in [0.15, 0.2) is 17.5 Å². The molecule has 0 amide bonds. The highest BCUT2D eigenvalue weighted by atomic mass is 35.5. The first-order valence-corrected chi connectivity index (χ1v) is 6.96. The number of hydrogen-bond acceptors (Lipinski definition) is 3. The predicted octanol–water partition coefficient (Wildman–Crippen LogP) is 4.25. The second-order valence-corrected chi connectivity index (χ2v) is 5.78. The molecule has 3 nitrogen and oxygen atoms in total. The summed E-state index contributed by atoms with van der Waals surface area (Å²) in [6.07, 6.45) is 1.40. The lowest BCUT2D eigenvalue weighted by Gasteiger charge is -2.02. The Labute approximate surface area is 126 Å². The summed E-state index contributed by atoms with van der Waals surface area (Å²) in [5, 5.41) is 5.92. The van der Waals surface area contributed by atoms with Crippen LogP contribution in [0, 0.1) is 17.5 Å². The van der Waals surface area contributed by atoms with E-state index in [4.69, 9.17) is 17.3 Å². The molecule has 0 atom stereocenters. The van der Waals surface area contributed by atoms with Crippen LogP contribution in [0.4, 0.5) is 18.9 Å². The number of thiophene rings is 1. The van der Waals surface area contributed by atoms with E-state index >= 15 is 0 Å². The van der Waals surface area contributed by atoms with Crippen molar-refractivity contribution < 1.29 is 13.2 Å². The Morgan fingerprint density at radius 2 is 1.81 bits per heavy atom. The Morgan fingerprint density at radius 1 is 1.14 bits per heavy atom. The maximum atomic E-state index is 13.3. The molecular formula is C13H7ClF3N3S. The van der Waals surface area contributed by atoms with E-state index in [1.807, 2.05) is 0 Å². The van der Waals surface area contributed by atoms with Crippen molar-refractivity contribution in [2.45, 2.75) is 0 Å². The third-order valence-electron chi connectivity index (χ3n) is 2.82. The van der Waals surface area contributed by atoms with E-state index in [2.05, 4.69) is 5.10 Å². The molecule has 108 valence electrons. The van der Waals surface area contributed by atoms with E-state index in [1.165, 1.54) is 22.2 Å². The molecule has 0 saturated heterocycles. The smallest absolute Gasteiger partial charge is 0.194 e. The lowest BCUT2D eigenvalue weighted by molar-refractivity contribution is 0.446. The van der Waals surface area contributed by atoms with Gasteiger partial charge in [-0.1, -0.05) is 11.6 Å². The quantitative estimate of drug-likeness (QED) is 0.714. The Balaban J connectivity index is 2.09. The molecule has 0 aliphatic carbocycles. The van der Waals surface area contributed by atoms with Crippen LogP contribution in [0.2, 0.25) is 4.34 Å². The molecule has 0 radical (unpaired) electrons. The topological polar surface area (TPSA) is 43.8 Å². The van der Waals surface area contributed by atoms with Gasteiger partial charge in [-0.15, -0.1) is 11.3 Å². The molecular weight excluding hydrogens is 323 g/mol. The van der Waals surface area contributed by atoms with Crippen LogP contribution in [-0.2, 0) is 0 Å². The minimum Gasteiger partial charge on any atom is -0.396 e. The van der Waals surface area contributed by atoms with E-state index in [0.717, 1.165) is 12.1 Å². The Kier molecular flexibility index (Phi) is 3.38. The van der Waals surface area contributed by atoms with Gasteiger partial charge in [-0.3, -0.25) is 0 Å². The highest BCUT2D eigenvalue weighted by Gasteiger charge is 2.15. The fraction of sp³-hybridized carbons (Fsp3) is 0. The first kappa shape index (κ1) is 14.0. The Morgan fingerprint density at radius 3 is 2.38 bits per heavy atom. The zero-order valence-corrected chi connectivity index (χ0v) is 11.9. The van der Waals surface area contributed by atoms with Crippen molar-refractivity contribution in [1.82, 2.24) is 9.78 Å². The van der Waals surface area contributed by atoms with Gasteiger partial charge >= 0.3 is 0 Å². The number of nitrogens with two attached hydrogens (primary N) is 1. The number of nitrogen functional groups attached to an aromatic ring is 1. The summed E-state index contributed by atoms with van der Waals surface area (Å²) in [5.41, 5.74) is 7.32. The number of nitrogens with zero attached hydrogens (tertiary/aromatic N) is 2. The molecule has 3 rings (SSSR count). The number of rotatable bonds is 2. The van der Waals surface area contributed by atoms with Gasteiger partial charge in [0.05, 0.1) is 21.9 Å². The lowest BCUT2D eigenvalue weighted by atomic mass is 10.2. The van der Waals surface area contributed by atoms with Crippen LogP contribution in [0.3, 0.4) is 0 Å². The summed E-state index contributed by atoms with van der Waals surface area (Å²) in [5.74, 6) is -4.11. The van der Waals surface area contributed by atoms with Crippen LogP contribution in [-0.4, -0.2) is 9.78 Å². The molecule has 2 N–H and O–H groups in total. The van der Waals surface area contributed by atoms with Crippen LogP contribution in [0.15, 0.2) is 29.8 Å². The molecule has 2 heterocycles. The summed E-state index contributed by atoms with van der Waals surface area (Å²) < 4.78 is 41.2. The van der Waals surface area contributed by atoms with Gasteiger partial charge in [0.2, 0.25) is 0 Å². The van der Waals surface area contributed by atoms with Crippen molar-refractivity contribution in [3.8, 4) is 16.9 Å². The molecule has 3 aromatic rings. The number of anilines is 1. The molecule has 0 bridgehead atoms. The predicted molar refractivity (Wildman–Crippen MR) is 76.2 cm³/mol. The Bertz CT molecular complexity index is 805. The number of halogens is 4. The highest BCUT2D eigenvalue weighted by molar-refractivity contribution is 7.14. The van der Waals surface area contributed by atoms with Crippen LogP contribution in [0.5, 0.6) is 0 Å². The van der Waals surface area contributed by atoms with Gasteiger partial charge in [0, 0.05) is 23.1 Å². The van der Waals surface area contributed by atoms with E-state index in [-0.39, 0.29) is 5.69 Å². The van der Waals surface area contributed by atoms with Crippen LogP contribution >= 0.6 is 22.9 Å². The van der Waals surface area contributed by atoms with Crippen molar-refractivity contribution >= 4 is 28.6 Å². The molecule has 0 fully saturated rings. The van der Waals surface area contributed by atoms with Gasteiger partial charge in [0.1, 0.15) is 5.69 Å². The second kappa shape index (κ2) is 5.09. The molecule has 0 unspecified atom stereocenters. The van der Waals surface area contributed by atoms with Crippen molar-refractivity contribution in [3.05, 3.63) is 51.6 Å². The maximum Gasteiger partial charge on any atom is 0.194 e. The summed E-state index contributed by atoms with van der Waals surface area (Å²) in [7, 11) is 0. The molecule has 21 heavy (non-hydrogen) atoms. The minimum absolute atomic E-state index is 0.0330. The molecule has 2 aromatic heterocycles. The maximum absolute atomic E-state index is 13.3. The van der Waals surface area contributed by atoms with E-state index in [9.17, 15) is 13.2 Å². The summed E-state index contributed by atoms with van der Waals surface area (Å²) in [4.78, 5) is 0. The van der Waals surface area contributed by atoms with Gasteiger partial charge in [0.25, 0.3) is 0 Å². The molecule has 0 aliphatic heterocycles. The van der Waals surface area contributed by atoms with Crippen LogP contribution in [0.25, 0.3) is 16.9 Å². The van der Waals surface area contributed by atoms with Gasteiger partial charge < -0.3 is 5.73 Å². The standard InChI is InChI=1S/C13H7ClF3N3S/c14-11-1-6(5-21-11)13-10(18)4-20(19-13)7-2-8(15)12(17)9(16)3-7/h1-5H,18H2. The third-order valence-corrected chi connectivity index (χ3v) is 3.91. The average molecular weight is 330 g/mol. The van der Waals surface area contributed by atoms with E-state index in [1.54, 1.807) is 11.4 Å². The molecule has 0 saturated carbocycles. The first-order valence-electron chi connectivity index (χ1n) is 5.70. The second-order valence-electron chi connectivity index (χ2n) is 4.24. The number of hydrogen-bond donors (Lipinski definition) is 1. The monoisotopic (exact) mass is 329 g/mol. The van der Waals surface area contributed by atoms with Crippen molar-refractivity contribution in [2.24, 2.45) is 0 Å². The zero-order valence-electron chi connectivity index (χ0n) is 10.3. The molecule has 0 aliphatic rings. The largest absolute Gasteiger partial charge is 0.396 e. The summed E-state index contributed by atoms with van der Waals surface area (Å²) in [6, 6.07) is 3.37. The minimum atomic E-state index is -1.52. The Hall–Kier alpha value is -1.99. The molecule has 1 aromatic carbocycles. The van der Waals surface area contributed by atoms with Crippen LogP contribution in [0.1, 0.15) is 0 Å². The van der Waals surface area contributed by atoms with Crippen molar-refractivity contribution in [3.63, 3.8) is 0 Å². The first-order chi connectivity index (χ1) is 9.95. The zero-order chi connectivity index (χ0) is 15.1. The third kappa shape index (κ3) is 2.50. The van der Waals surface area contributed by atoms with E-state index < -0.39 is 17.5 Å². The fourth-order valence-electron chi connectivity index (χ4n) is 1.85. The SMILES string of the molecule is Nc1cn(-c2cc(F)c(F)c(F)c2)nc1-c1csc(Cl)c1. The lowest BCUT2D eigenvalue weighted by Crippen LogP contribution is -1.99. The molecule has 8 heteroatoms. The normalized spacial score (nSPS) is 11.0. The average Bonchev–Trinajstić information content (AvgIpc) is 3.01. The summed E-state index contributed by atoms with van der Waals surface area (Å²) >= 11 is 7.16. The van der Waals surface area contributed by atoms with Gasteiger partial charge in [-0.25, -0.2) is 17.9 Å². The molecule has 0 spiro atoms. The fourth-order valence-corrected chi connectivity index (χ4v) is 2.72. The van der Waals surface area contributed by atoms with Gasteiger partial charge in [-0.2, -0.15) is 5.10 Å². The number of aromatic nitrogens is 2.